The molecule has 0 N–H and O–H groups in total. The van der Waals surface area contributed by atoms with Crippen molar-refractivity contribution in [2.45, 2.75) is 37.5 Å². The van der Waals surface area contributed by atoms with Gasteiger partial charge >= 0.3 is 0 Å². The van der Waals surface area contributed by atoms with Crippen LogP contribution in [0.2, 0.25) is 0 Å². The van der Waals surface area contributed by atoms with Gasteiger partial charge in [-0.05, 0) is 22.6 Å². The minimum atomic E-state index is 0.898. The minimum absolute atomic E-state index is 0.898. The molecule has 0 aromatic rings. The van der Waals surface area contributed by atoms with Crippen LogP contribution in [-0.4, -0.2) is 17.6 Å². The third kappa shape index (κ3) is 2.25. The van der Waals surface area contributed by atoms with Crippen LogP contribution in [0, 0.1) is 5.92 Å². The van der Waals surface area contributed by atoms with Gasteiger partial charge in [-0.1, -0.05) is 20.8 Å². The van der Waals surface area contributed by atoms with Gasteiger partial charge in [0.2, 0.25) is 0 Å². The Balaban J connectivity index is 2.04. The lowest BCUT2D eigenvalue weighted by Crippen LogP contribution is -2.35. The summed E-state index contributed by atoms with van der Waals surface area (Å²) in [6, 6.07) is 0. The van der Waals surface area contributed by atoms with Gasteiger partial charge < -0.3 is 0 Å². The van der Waals surface area contributed by atoms with Crippen LogP contribution in [0.15, 0.2) is 0 Å². The zero-order chi connectivity index (χ0) is 6.85. The molecule has 0 radical (unpaired) electrons. The summed E-state index contributed by atoms with van der Waals surface area (Å²) < 4.78 is 0. The Morgan fingerprint density at radius 2 is 2.11 bits per heavy atom. The largest absolute Gasteiger partial charge is 0.172 e. The normalized spacial score (nSPS) is 33.8. The van der Waals surface area contributed by atoms with Crippen molar-refractivity contribution in [3.8, 4) is 0 Å². The van der Waals surface area contributed by atoms with E-state index < -0.39 is 0 Å². The van der Waals surface area contributed by atoms with E-state index in [4.69, 9.17) is 0 Å². The van der Waals surface area contributed by atoms with E-state index in [1.54, 1.807) is 0 Å². The standard InChI is InChI=1S/C7H15BS/c1-5(2)4-7-8-6(3)9-7/h5-8H,4H2,1-3H3. The van der Waals surface area contributed by atoms with Gasteiger partial charge in [-0.25, -0.2) is 0 Å². The van der Waals surface area contributed by atoms with Crippen molar-refractivity contribution in [3.63, 3.8) is 0 Å². The predicted octanol–water partition coefficient (Wildman–Crippen LogP) is 1.89. The minimum Gasteiger partial charge on any atom is -0.172 e. The Kier molecular flexibility index (Phi) is 2.51. The van der Waals surface area contributed by atoms with Crippen molar-refractivity contribution >= 4 is 19.0 Å². The highest BCUT2D eigenvalue weighted by atomic mass is 32.2. The molecule has 2 heteroatoms. The van der Waals surface area contributed by atoms with Crippen LogP contribution < -0.4 is 0 Å². The summed E-state index contributed by atoms with van der Waals surface area (Å²) in [4.78, 5) is 0. The van der Waals surface area contributed by atoms with Crippen molar-refractivity contribution in [2.24, 2.45) is 5.92 Å². The Morgan fingerprint density at radius 3 is 2.44 bits per heavy atom. The van der Waals surface area contributed by atoms with Gasteiger partial charge in [0.1, 0.15) is 0 Å². The fourth-order valence-corrected chi connectivity index (χ4v) is 2.90. The van der Waals surface area contributed by atoms with Gasteiger partial charge in [0.15, 0.2) is 7.28 Å². The first kappa shape index (κ1) is 7.52. The van der Waals surface area contributed by atoms with Gasteiger partial charge in [0.05, 0.1) is 0 Å². The molecule has 0 saturated carbocycles. The van der Waals surface area contributed by atoms with Crippen LogP contribution in [0.4, 0.5) is 0 Å². The van der Waals surface area contributed by atoms with Gasteiger partial charge in [0.25, 0.3) is 0 Å². The fraction of sp³-hybridized carbons (Fsp3) is 1.00. The Labute approximate surface area is 63.0 Å². The van der Waals surface area contributed by atoms with Gasteiger partial charge in [-0.3, -0.25) is 0 Å². The molecule has 52 valence electrons. The monoisotopic (exact) mass is 142 g/mol. The highest BCUT2D eigenvalue weighted by molar-refractivity contribution is 8.06. The highest BCUT2D eigenvalue weighted by Crippen LogP contribution is 2.32. The van der Waals surface area contributed by atoms with E-state index in [-0.39, 0.29) is 0 Å². The molecule has 0 aromatic carbocycles. The number of hydrogen-bond acceptors (Lipinski definition) is 1. The lowest BCUT2D eigenvalue weighted by Gasteiger charge is -2.31. The van der Waals surface area contributed by atoms with Gasteiger partial charge in [0, 0.05) is 0 Å². The molecule has 0 aromatic heterocycles. The maximum atomic E-state index is 2.32. The second kappa shape index (κ2) is 3.00. The summed E-state index contributed by atoms with van der Waals surface area (Å²) in [5.41, 5.74) is 0. The summed E-state index contributed by atoms with van der Waals surface area (Å²) in [5.74, 6) is 0.898. The molecule has 0 aliphatic carbocycles. The zero-order valence-corrected chi connectivity index (χ0v) is 7.37. The third-order valence-corrected chi connectivity index (χ3v) is 3.18. The van der Waals surface area contributed by atoms with E-state index in [2.05, 4.69) is 32.5 Å². The van der Waals surface area contributed by atoms with E-state index in [0.29, 0.717) is 0 Å². The predicted molar refractivity (Wildman–Crippen MR) is 47.4 cm³/mol. The molecule has 1 aliphatic rings. The summed E-state index contributed by atoms with van der Waals surface area (Å²) in [5, 5.41) is 1.95. The van der Waals surface area contributed by atoms with Crippen molar-refractivity contribution in [1.29, 1.82) is 0 Å². The molecular weight excluding hydrogens is 127 g/mol. The van der Waals surface area contributed by atoms with Crippen LogP contribution in [-0.2, 0) is 0 Å². The molecular formula is C7H15BS. The Morgan fingerprint density at radius 1 is 1.56 bits per heavy atom. The molecule has 9 heavy (non-hydrogen) atoms. The van der Waals surface area contributed by atoms with Crippen molar-refractivity contribution in [3.05, 3.63) is 0 Å². The smallest absolute Gasteiger partial charge is 0.152 e. The van der Waals surface area contributed by atoms with E-state index in [1.807, 2.05) is 0 Å². The van der Waals surface area contributed by atoms with Crippen LogP contribution in [0.1, 0.15) is 27.2 Å². The summed E-state index contributed by atoms with van der Waals surface area (Å²) in [7, 11) is 1.46. The van der Waals surface area contributed by atoms with E-state index >= 15 is 0 Å². The van der Waals surface area contributed by atoms with Crippen LogP contribution in [0.5, 0.6) is 0 Å². The van der Waals surface area contributed by atoms with Gasteiger partial charge in [-0.15, -0.1) is 0 Å². The molecule has 1 fully saturated rings. The third-order valence-electron chi connectivity index (χ3n) is 1.75. The number of hydrogen-bond donors (Lipinski definition) is 0. The van der Waals surface area contributed by atoms with Gasteiger partial charge in [-0.2, -0.15) is 11.8 Å². The first-order valence-corrected chi connectivity index (χ1v) is 4.78. The van der Waals surface area contributed by atoms with E-state index in [1.165, 1.54) is 13.7 Å². The molecule has 1 rings (SSSR count). The number of thioether (sulfide) groups is 1. The molecule has 0 bridgehead atoms. The maximum absolute atomic E-state index is 2.32. The molecule has 0 amide bonds. The lowest BCUT2D eigenvalue weighted by molar-refractivity contribution is 0.610. The zero-order valence-electron chi connectivity index (χ0n) is 6.55. The molecule has 2 unspecified atom stereocenters. The Bertz CT molecular complexity index is 86.9. The first-order valence-electron chi connectivity index (χ1n) is 3.84. The van der Waals surface area contributed by atoms with Crippen molar-refractivity contribution in [1.82, 2.24) is 0 Å². The molecule has 2 atom stereocenters. The first-order chi connectivity index (χ1) is 4.18. The molecule has 0 nitrogen and oxygen atoms in total. The SMILES string of the molecule is CC(C)CC1BC(C)S1. The molecule has 1 saturated heterocycles. The van der Waals surface area contributed by atoms with Crippen LogP contribution in [0.25, 0.3) is 0 Å². The number of rotatable bonds is 2. The Hall–Kier alpha value is 0.415. The fourth-order valence-electron chi connectivity index (χ4n) is 1.37. The van der Waals surface area contributed by atoms with Crippen molar-refractivity contribution < 1.29 is 0 Å². The average molecular weight is 142 g/mol. The average Bonchev–Trinajstić information content (AvgIpc) is 1.60. The van der Waals surface area contributed by atoms with Crippen LogP contribution in [0.3, 0.4) is 0 Å². The lowest BCUT2D eigenvalue weighted by atomic mass is 9.67. The second-order valence-electron chi connectivity index (χ2n) is 3.43. The maximum Gasteiger partial charge on any atom is 0.152 e. The molecule has 1 aliphatic heterocycles. The van der Waals surface area contributed by atoms with E-state index in [9.17, 15) is 0 Å². The van der Waals surface area contributed by atoms with Crippen molar-refractivity contribution in [2.75, 3.05) is 0 Å². The highest BCUT2D eigenvalue weighted by Gasteiger charge is 2.27. The summed E-state index contributed by atoms with van der Waals surface area (Å²) in [6.07, 6.45) is 1.43. The quantitative estimate of drug-likeness (QED) is 0.530. The molecule has 0 spiro atoms. The summed E-state index contributed by atoms with van der Waals surface area (Å²) in [6.45, 7) is 6.94. The second-order valence-corrected chi connectivity index (χ2v) is 5.18. The topological polar surface area (TPSA) is 0 Å². The van der Waals surface area contributed by atoms with E-state index in [0.717, 1.165) is 16.2 Å². The summed E-state index contributed by atoms with van der Waals surface area (Å²) >= 11 is 2.16. The molecule has 1 heterocycles. The van der Waals surface area contributed by atoms with Crippen LogP contribution >= 0.6 is 11.8 Å².